The molecule has 122 valence electrons. The number of benzene rings is 2. The fourth-order valence-corrected chi connectivity index (χ4v) is 1.90. The molecule has 0 fully saturated rings. The number of methoxy groups -OCH3 is 1. The zero-order valence-corrected chi connectivity index (χ0v) is 13.2. The van der Waals surface area contributed by atoms with Crippen molar-refractivity contribution in [3.05, 3.63) is 65.2 Å². The normalized spacial score (nSPS) is 9.38. The number of alkyl carbamates (subject to hydrolysis) is 1. The third-order valence-corrected chi connectivity index (χ3v) is 3.14. The Morgan fingerprint density at radius 3 is 2.71 bits per heavy atom. The highest BCUT2D eigenvalue weighted by atomic mass is 16.5. The van der Waals surface area contributed by atoms with E-state index in [9.17, 15) is 9.59 Å². The van der Waals surface area contributed by atoms with Gasteiger partial charge in [-0.3, -0.25) is 4.79 Å². The molecular formula is C19H17NO4. The summed E-state index contributed by atoms with van der Waals surface area (Å²) < 4.78 is 10.2. The fourth-order valence-electron chi connectivity index (χ4n) is 1.90. The van der Waals surface area contributed by atoms with Gasteiger partial charge in [-0.25, -0.2) is 4.79 Å². The summed E-state index contributed by atoms with van der Waals surface area (Å²) in [6.45, 7) is 0.314. The molecule has 2 rings (SSSR count). The van der Waals surface area contributed by atoms with Crippen LogP contribution < -0.4 is 10.1 Å². The standard InChI is InChI=1S/C19H17NO4/c1-23-18-10-9-17(13-21)16(12-18)8-5-11-20-19(22)24-14-15-6-3-2-4-7-15/h2-4,6-7,9-10,12-13H,11,14H2,1H3,(H,20,22). The molecule has 0 radical (unpaired) electrons. The highest BCUT2D eigenvalue weighted by Gasteiger charge is 2.02. The predicted molar refractivity (Wildman–Crippen MR) is 89.9 cm³/mol. The first-order valence-electron chi connectivity index (χ1n) is 7.29. The van der Waals surface area contributed by atoms with Gasteiger partial charge in [0.1, 0.15) is 12.4 Å². The summed E-state index contributed by atoms with van der Waals surface area (Å²) in [5.74, 6) is 6.23. The molecule has 5 heteroatoms. The van der Waals surface area contributed by atoms with Gasteiger partial charge in [-0.05, 0) is 23.8 Å². The van der Waals surface area contributed by atoms with Crippen molar-refractivity contribution in [2.45, 2.75) is 6.61 Å². The number of nitrogens with one attached hydrogen (secondary N) is 1. The van der Waals surface area contributed by atoms with Crippen molar-refractivity contribution in [1.82, 2.24) is 5.32 Å². The van der Waals surface area contributed by atoms with E-state index in [1.807, 2.05) is 30.3 Å². The first-order valence-corrected chi connectivity index (χ1v) is 7.29. The van der Waals surface area contributed by atoms with Crippen molar-refractivity contribution >= 4 is 12.4 Å². The minimum absolute atomic E-state index is 0.114. The molecule has 0 heterocycles. The molecule has 0 aliphatic heterocycles. The van der Waals surface area contributed by atoms with Crippen LogP contribution in [0.2, 0.25) is 0 Å². The summed E-state index contributed by atoms with van der Waals surface area (Å²) >= 11 is 0. The summed E-state index contributed by atoms with van der Waals surface area (Å²) in [7, 11) is 1.54. The lowest BCUT2D eigenvalue weighted by molar-refractivity contribution is 0.112. The Morgan fingerprint density at radius 1 is 1.21 bits per heavy atom. The van der Waals surface area contributed by atoms with Crippen LogP contribution in [0.5, 0.6) is 5.75 Å². The Bertz CT molecular complexity index is 760. The van der Waals surface area contributed by atoms with E-state index in [2.05, 4.69) is 17.2 Å². The van der Waals surface area contributed by atoms with Gasteiger partial charge in [-0.2, -0.15) is 0 Å². The van der Waals surface area contributed by atoms with Crippen molar-refractivity contribution < 1.29 is 19.1 Å². The first-order chi connectivity index (χ1) is 11.7. The van der Waals surface area contributed by atoms with E-state index < -0.39 is 6.09 Å². The van der Waals surface area contributed by atoms with Gasteiger partial charge in [0.05, 0.1) is 13.7 Å². The van der Waals surface area contributed by atoms with E-state index in [4.69, 9.17) is 9.47 Å². The second-order valence-electron chi connectivity index (χ2n) is 4.79. The van der Waals surface area contributed by atoms with Gasteiger partial charge in [0.25, 0.3) is 0 Å². The maximum atomic E-state index is 11.6. The molecule has 0 saturated carbocycles. The molecule has 0 unspecified atom stereocenters. The third kappa shape index (κ3) is 5.18. The van der Waals surface area contributed by atoms with E-state index in [-0.39, 0.29) is 13.2 Å². The van der Waals surface area contributed by atoms with E-state index in [1.165, 1.54) is 7.11 Å². The number of carbonyl (C=O) groups is 2. The largest absolute Gasteiger partial charge is 0.497 e. The van der Waals surface area contributed by atoms with Gasteiger partial charge in [0.15, 0.2) is 6.29 Å². The van der Waals surface area contributed by atoms with Gasteiger partial charge in [0.2, 0.25) is 0 Å². The smallest absolute Gasteiger partial charge is 0.408 e. The predicted octanol–water partition coefficient (Wildman–Crippen LogP) is 2.79. The van der Waals surface area contributed by atoms with Crippen molar-refractivity contribution in [3.63, 3.8) is 0 Å². The van der Waals surface area contributed by atoms with Gasteiger partial charge >= 0.3 is 6.09 Å². The molecule has 0 atom stereocenters. The molecule has 0 bridgehead atoms. The van der Waals surface area contributed by atoms with E-state index in [0.29, 0.717) is 16.9 Å². The van der Waals surface area contributed by atoms with Crippen LogP contribution >= 0.6 is 0 Å². The quantitative estimate of drug-likeness (QED) is 0.679. The van der Waals surface area contributed by atoms with Crippen LogP contribution in [0.4, 0.5) is 4.79 Å². The van der Waals surface area contributed by atoms with Crippen LogP contribution in [0.3, 0.4) is 0 Å². The van der Waals surface area contributed by atoms with Gasteiger partial charge in [-0.1, -0.05) is 42.2 Å². The number of ether oxygens (including phenoxy) is 2. The molecule has 5 nitrogen and oxygen atoms in total. The van der Waals surface area contributed by atoms with Crippen LogP contribution in [0, 0.1) is 11.8 Å². The number of carbonyl (C=O) groups excluding carboxylic acids is 2. The molecular weight excluding hydrogens is 306 g/mol. The lowest BCUT2D eigenvalue weighted by Crippen LogP contribution is -2.24. The zero-order valence-electron chi connectivity index (χ0n) is 13.2. The lowest BCUT2D eigenvalue weighted by atomic mass is 10.1. The summed E-state index contributed by atoms with van der Waals surface area (Å²) in [5.41, 5.74) is 1.92. The van der Waals surface area contributed by atoms with Crippen LogP contribution in [0.15, 0.2) is 48.5 Å². The van der Waals surface area contributed by atoms with E-state index in [0.717, 1.165) is 11.8 Å². The lowest BCUT2D eigenvalue weighted by Gasteiger charge is -2.04. The summed E-state index contributed by atoms with van der Waals surface area (Å²) in [5, 5.41) is 2.53. The monoisotopic (exact) mass is 323 g/mol. The number of hydrogen-bond acceptors (Lipinski definition) is 4. The van der Waals surface area contributed by atoms with Crippen molar-refractivity contribution in [2.24, 2.45) is 0 Å². The topological polar surface area (TPSA) is 64.6 Å². The highest BCUT2D eigenvalue weighted by molar-refractivity contribution is 5.80. The molecule has 0 aliphatic carbocycles. The maximum Gasteiger partial charge on any atom is 0.408 e. The van der Waals surface area contributed by atoms with Gasteiger partial charge < -0.3 is 14.8 Å². The minimum Gasteiger partial charge on any atom is -0.497 e. The number of amides is 1. The summed E-state index contributed by atoms with van der Waals surface area (Å²) in [4.78, 5) is 22.6. The molecule has 0 aromatic heterocycles. The van der Waals surface area contributed by atoms with Crippen LogP contribution in [0.1, 0.15) is 21.5 Å². The second kappa shape index (κ2) is 9.01. The van der Waals surface area contributed by atoms with Crippen molar-refractivity contribution in [1.29, 1.82) is 0 Å². The number of rotatable bonds is 5. The highest BCUT2D eigenvalue weighted by Crippen LogP contribution is 2.15. The van der Waals surface area contributed by atoms with Crippen LogP contribution in [-0.2, 0) is 11.3 Å². The third-order valence-electron chi connectivity index (χ3n) is 3.14. The average Bonchev–Trinajstić information content (AvgIpc) is 2.64. The van der Waals surface area contributed by atoms with Gasteiger partial charge in [0, 0.05) is 11.1 Å². The molecule has 2 aromatic rings. The molecule has 0 spiro atoms. The molecule has 0 saturated heterocycles. The SMILES string of the molecule is COc1ccc(C=O)c(C#CCNC(=O)OCc2ccccc2)c1. The Labute approximate surface area is 140 Å². The Morgan fingerprint density at radius 2 is 2.00 bits per heavy atom. The second-order valence-corrected chi connectivity index (χ2v) is 4.79. The number of hydrogen-bond donors (Lipinski definition) is 1. The van der Waals surface area contributed by atoms with Crippen molar-refractivity contribution in [3.8, 4) is 17.6 Å². The summed E-state index contributed by atoms with van der Waals surface area (Å²) in [6.07, 6.45) is 0.180. The Hall–Kier alpha value is -3.26. The fraction of sp³-hybridized carbons (Fsp3) is 0.158. The molecule has 24 heavy (non-hydrogen) atoms. The average molecular weight is 323 g/mol. The molecule has 1 amide bonds. The zero-order chi connectivity index (χ0) is 17.2. The van der Waals surface area contributed by atoms with Crippen LogP contribution in [-0.4, -0.2) is 26.0 Å². The van der Waals surface area contributed by atoms with E-state index in [1.54, 1.807) is 18.2 Å². The van der Waals surface area contributed by atoms with E-state index >= 15 is 0 Å². The number of aldehydes is 1. The minimum atomic E-state index is -0.547. The van der Waals surface area contributed by atoms with Gasteiger partial charge in [-0.15, -0.1) is 0 Å². The molecule has 2 aromatic carbocycles. The first kappa shape index (κ1) is 17.1. The molecule has 0 aliphatic rings. The molecule has 1 N–H and O–H groups in total. The Balaban J connectivity index is 1.85. The Kier molecular flexibility index (Phi) is 6.42. The van der Waals surface area contributed by atoms with Crippen molar-refractivity contribution in [2.75, 3.05) is 13.7 Å². The maximum absolute atomic E-state index is 11.6. The summed E-state index contributed by atoms with van der Waals surface area (Å²) in [6, 6.07) is 14.4. The van der Waals surface area contributed by atoms with Crippen LogP contribution in [0.25, 0.3) is 0 Å².